The van der Waals surface area contributed by atoms with Gasteiger partial charge in [-0.25, -0.2) is 9.18 Å². The monoisotopic (exact) mass is 328 g/mol. The van der Waals surface area contributed by atoms with Gasteiger partial charge in [-0.1, -0.05) is 17.7 Å². The second-order valence-corrected chi connectivity index (χ2v) is 6.04. The average Bonchev–Trinajstić information content (AvgIpc) is 2.96. The highest BCUT2D eigenvalue weighted by Gasteiger charge is 2.24. The summed E-state index contributed by atoms with van der Waals surface area (Å²) in [5.41, 5.74) is -0.777. The van der Waals surface area contributed by atoms with E-state index >= 15 is 0 Å². The molecule has 112 valence electrons. The van der Waals surface area contributed by atoms with E-state index in [0.29, 0.717) is 5.69 Å². The van der Waals surface area contributed by atoms with Crippen molar-refractivity contribution in [3.05, 3.63) is 51.4 Å². The number of thiophene rings is 1. The van der Waals surface area contributed by atoms with Crippen LogP contribution in [-0.4, -0.2) is 17.7 Å². The highest BCUT2D eigenvalue weighted by atomic mass is 35.5. The second-order valence-electron chi connectivity index (χ2n) is 4.69. The van der Waals surface area contributed by atoms with Gasteiger partial charge in [0.15, 0.2) is 0 Å². The molecule has 1 aromatic heterocycles. The fraction of sp³-hybridized carbons (Fsp3) is 0.214. The lowest BCUT2D eigenvalue weighted by Gasteiger charge is -2.22. The Labute approximate surface area is 130 Å². The van der Waals surface area contributed by atoms with Gasteiger partial charge in [-0.05, 0) is 36.6 Å². The minimum absolute atomic E-state index is 0.0499. The van der Waals surface area contributed by atoms with Crippen LogP contribution >= 0.6 is 22.9 Å². The molecule has 0 saturated heterocycles. The van der Waals surface area contributed by atoms with E-state index in [1.54, 1.807) is 13.0 Å². The van der Waals surface area contributed by atoms with Gasteiger partial charge in [0.2, 0.25) is 0 Å². The van der Waals surface area contributed by atoms with E-state index < -0.39 is 17.4 Å². The van der Waals surface area contributed by atoms with Gasteiger partial charge in [0.1, 0.15) is 11.4 Å². The van der Waals surface area contributed by atoms with Crippen molar-refractivity contribution >= 4 is 34.7 Å². The molecule has 2 aromatic rings. The van der Waals surface area contributed by atoms with Crippen molar-refractivity contribution in [2.75, 3.05) is 11.9 Å². The largest absolute Gasteiger partial charge is 0.383 e. The lowest BCUT2D eigenvalue weighted by Crippen LogP contribution is -2.40. The van der Waals surface area contributed by atoms with Crippen LogP contribution in [0, 0.1) is 5.82 Å². The van der Waals surface area contributed by atoms with Gasteiger partial charge < -0.3 is 15.7 Å². The summed E-state index contributed by atoms with van der Waals surface area (Å²) in [5, 5.41) is 17.1. The Morgan fingerprint density at radius 1 is 1.48 bits per heavy atom. The Morgan fingerprint density at radius 2 is 2.24 bits per heavy atom. The summed E-state index contributed by atoms with van der Waals surface area (Å²) < 4.78 is 13.0. The number of amides is 2. The number of rotatable bonds is 4. The minimum Gasteiger partial charge on any atom is -0.383 e. The normalized spacial score (nSPS) is 13.5. The molecule has 1 aromatic carbocycles. The number of hydrogen-bond donors (Lipinski definition) is 3. The Hall–Kier alpha value is -1.63. The first kappa shape index (κ1) is 15.8. The molecule has 0 aliphatic heterocycles. The molecule has 0 radical (unpaired) electrons. The fourth-order valence-corrected chi connectivity index (χ4v) is 2.64. The van der Waals surface area contributed by atoms with Crippen molar-refractivity contribution in [2.45, 2.75) is 12.5 Å². The van der Waals surface area contributed by atoms with Crippen LogP contribution in [0.5, 0.6) is 0 Å². The summed E-state index contributed by atoms with van der Waals surface area (Å²) >= 11 is 7.04. The predicted molar refractivity (Wildman–Crippen MR) is 82.3 cm³/mol. The van der Waals surface area contributed by atoms with E-state index in [1.165, 1.54) is 29.5 Å². The van der Waals surface area contributed by atoms with Crippen molar-refractivity contribution in [1.82, 2.24) is 5.32 Å². The van der Waals surface area contributed by atoms with Crippen LogP contribution in [0.25, 0.3) is 0 Å². The minimum atomic E-state index is -1.15. The van der Waals surface area contributed by atoms with Crippen LogP contribution in [0.1, 0.15) is 11.8 Å². The number of urea groups is 1. The van der Waals surface area contributed by atoms with Gasteiger partial charge in [0.05, 0.1) is 11.6 Å². The van der Waals surface area contributed by atoms with E-state index in [9.17, 15) is 14.3 Å². The number of benzene rings is 1. The number of aliphatic hydroxyl groups is 1. The standard InChI is InChI=1S/C14H14ClFN2O2S/c1-14(20,12-3-2-6-21-12)8-17-13(19)18-9-4-5-11(16)10(15)7-9/h2-7,20H,8H2,1H3,(H2,17,18,19). The van der Waals surface area contributed by atoms with Crippen molar-refractivity contribution in [3.63, 3.8) is 0 Å². The van der Waals surface area contributed by atoms with Crippen molar-refractivity contribution < 1.29 is 14.3 Å². The van der Waals surface area contributed by atoms with E-state index in [2.05, 4.69) is 10.6 Å². The molecule has 2 rings (SSSR count). The first-order valence-corrected chi connectivity index (χ1v) is 7.40. The molecule has 0 bridgehead atoms. The predicted octanol–water partition coefficient (Wildman–Crippen LogP) is 3.57. The molecule has 0 fully saturated rings. The second kappa shape index (κ2) is 6.43. The van der Waals surface area contributed by atoms with E-state index in [4.69, 9.17) is 11.6 Å². The zero-order valence-corrected chi connectivity index (χ0v) is 12.8. The first-order valence-electron chi connectivity index (χ1n) is 6.15. The van der Waals surface area contributed by atoms with Crippen LogP contribution in [0.3, 0.4) is 0 Å². The molecule has 1 heterocycles. The lowest BCUT2D eigenvalue weighted by atomic mass is 10.1. The van der Waals surface area contributed by atoms with Crippen LogP contribution < -0.4 is 10.6 Å². The van der Waals surface area contributed by atoms with Crippen LogP contribution in [0.2, 0.25) is 5.02 Å². The molecular weight excluding hydrogens is 315 g/mol. The number of hydrogen-bond acceptors (Lipinski definition) is 3. The van der Waals surface area contributed by atoms with Crippen LogP contribution in [0.15, 0.2) is 35.7 Å². The molecule has 7 heteroatoms. The van der Waals surface area contributed by atoms with E-state index in [0.717, 1.165) is 4.88 Å². The SMILES string of the molecule is CC(O)(CNC(=O)Nc1ccc(F)c(Cl)c1)c1cccs1. The maximum Gasteiger partial charge on any atom is 0.319 e. The van der Waals surface area contributed by atoms with Gasteiger partial charge in [-0.2, -0.15) is 0 Å². The molecule has 4 nitrogen and oxygen atoms in total. The highest BCUT2D eigenvalue weighted by Crippen LogP contribution is 2.24. The topological polar surface area (TPSA) is 61.4 Å². The molecule has 1 unspecified atom stereocenters. The van der Waals surface area contributed by atoms with Crippen LogP contribution in [-0.2, 0) is 5.60 Å². The van der Waals surface area contributed by atoms with Crippen molar-refractivity contribution in [3.8, 4) is 0 Å². The number of carbonyl (C=O) groups excluding carboxylic acids is 1. The van der Waals surface area contributed by atoms with Gasteiger partial charge in [0.25, 0.3) is 0 Å². The van der Waals surface area contributed by atoms with Crippen molar-refractivity contribution in [2.24, 2.45) is 0 Å². The highest BCUT2D eigenvalue weighted by molar-refractivity contribution is 7.10. The maximum atomic E-state index is 13.0. The summed E-state index contributed by atoms with van der Waals surface area (Å²) in [6.45, 7) is 1.67. The van der Waals surface area contributed by atoms with Gasteiger partial charge in [0, 0.05) is 10.6 Å². The molecule has 0 saturated carbocycles. The molecule has 3 N–H and O–H groups in total. The molecular formula is C14H14ClFN2O2S. The fourth-order valence-electron chi connectivity index (χ4n) is 1.67. The van der Waals surface area contributed by atoms with Gasteiger partial charge in [-0.3, -0.25) is 0 Å². The summed E-state index contributed by atoms with van der Waals surface area (Å²) in [6, 6.07) is 7.00. The number of carbonyl (C=O) groups is 1. The zero-order chi connectivity index (χ0) is 15.5. The smallest absolute Gasteiger partial charge is 0.319 e. The Kier molecular flexibility index (Phi) is 4.82. The first-order chi connectivity index (χ1) is 9.88. The molecule has 21 heavy (non-hydrogen) atoms. The average molecular weight is 329 g/mol. The number of anilines is 1. The summed E-state index contributed by atoms with van der Waals surface area (Å²) in [7, 11) is 0. The summed E-state index contributed by atoms with van der Waals surface area (Å²) in [6.07, 6.45) is 0. The number of halogens is 2. The molecule has 1 atom stereocenters. The van der Waals surface area contributed by atoms with E-state index in [-0.39, 0.29) is 11.6 Å². The lowest BCUT2D eigenvalue weighted by molar-refractivity contribution is 0.0637. The Balaban J connectivity index is 1.91. The Morgan fingerprint density at radius 3 is 2.86 bits per heavy atom. The summed E-state index contributed by atoms with van der Waals surface area (Å²) in [4.78, 5) is 12.5. The third-order valence-electron chi connectivity index (χ3n) is 2.82. The maximum absolute atomic E-state index is 13.0. The molecule has 2 amide bonds. The van der Waals surface area contributed by atoms with Crippen molar-refractivity contribution in [1.29, 1.82) is 0 Å². The molecule has 0 aliphatic rings. The Bertz CT molecular complexity index is 632. The zero-order valence-electron chi connectivity index (χ0n) is 11.2. The van der Waals surface area contributed by atoms with E-state index in [1.807, 2.05) is 11.4 Å². The third kappa shape index (κ3) is 4.17. The quantitative estimate of drug-likeness (QED) is 0.803. The summed E-state index contributed by atoms with van der Waals surface area (Å²) in [5.74, 6) is -0.553. The van der Waals surface area contributed by atoms with Gasteiger partial charge in [-0.15, -0.1) is 11.3 Å². The third-order valence-corrected chi connectivity index (χ3v) is 4.24. The van der Waals surface area contributed by atoms with Crippen LogP contribution in [0.4, 0.5) is 14.9 Å². The van der Waals surface area contributed by atoms with Gasteiger partial charge >= 0.3 is 6.03 Å². The molecule has 0 spiro atoms. The molecule has 0 aliphatic carbocycles. The number of nitrogens with one attached hydrogen (secondary N) is 2.